The van der Waals surface area contributed by atoms with Crippen LogP contribution in [0, 0.1) is 6.92 Å². The molecule has 0 aromatic carbocycles. The Morgan fingerprint density at radius 1 is 0.939 bits per heavy atom. The lowest BCUT2D eigenvalue weighted by Gasteiger charge is -2.32. The van der Waals surface area contributed by atoms with Gasteiger partial charge in [-0.3, -0.25) is 4.68 Å². The minimum Gasteiger partial charge on any atom is -0.338 e. The van der Waals surface area contributed by atoms with Crippen molar-refractivity contribution in [1.29, 1.82) is 0 Å². The molecule has 0 bridgehead atoms. The summed E-state index contributed by atoms with van der Waals surface area (Å²) in [4.78, 5) is 23.5. The number of pyridine rings is 1. The third-order valence-electron chi connectivity index (χ3n) is 6.37. The Balaban J connectivity index is 1.26. The Labute approximate surface area is 196 Å². The fraction of sp³-hybridized carbons (Fsp3) is 0.435. The van der Waals surface area contributed by atoms with Crippen LogP contribution in [0.15, 0.2) is 24.5 Å². The number of aryl methyl sites for hydroxylation is 2. The zero-order valence-electron chi connectivity index (χ0n) is 19.0. The Morgan fingerprint density at radius 2 is 1.82 bits per heavy atom. The molecule has 2 aliphatic heterocycles. The first-order valence-electron chi connectivity index (χ1n) is 11.5. The minimum atomic E-state index is 0.735. The van der Waals surface area contributed by atoms with Gasteiger partial charge in [0.25, 0.3) is 0 Å². The van der Waals surface area contributed by atoms with E-state index >= 15 is 0 Å². The molecule has 6 heterocycles. The molecule has 6 rings (SSSR count). The Hall–Kier alpha value is -3.11. The van der Waals surface area contributed by atoms with Gasteiger partial charge in [0, 0.05) is 62.4 Å². The third kappa shape index (κ3) is 4.04. The molecule has 1 N–H and O–H groups in total. The third-order valence-corrected chi connectivity index (χ3v) is 7.41. The van der Waals surface area contributed by atoms with Crippen molar-refractivity contribution in [3.05, 3.63) is 35.9 Å². The zero-order chi connectivity index (χ0) is 22.4. The van der Waals surface area contributed by atoms with Crippen molar-refractivity contribution in [2.24, 2.45) is 0 Å². The van der Waals surface area contributed by atoms with Crippen molar-refractivity contribution < 1.29 is 0 Å². The second-order valence-electron chi connectivity index (χ2n) is 8.85. The number of hydrogen-bond acceptors (Lipinski definition) is 9. The van der Waals surface area contributed by atoms with Crippen LogP contribution >= 0.6 is 11.3 Å². The topological polar surface area (TPSA) is 87.9 Å². The Morgan fingerprint density at radius 3 is 2.70 bits per heavy atom. The normalized spacial score (nSPS) is 16.8. The number of nitrogens with zero attached hydrogens (tertiary/aromatic N) is 8. The molecule has 0 saturated carbocycles. The smallest absolute Gasteiger partial charge is 0.227 e. The summed E-state index contributed by atoms with van der Waals surface area (Å²) in [6.07, 6.45) is 7.34. The fourth-order valence-corrected chi connectivity index (χ4v) is 5.46. The lowest BCUT2D eigenvalue weighted by molar-refractivity contribution is 0.311. The molecule has 0 atom stereocenters. The van der Waals surface area contributed by atoms with Crippen LogP contribution in [0.25, 0.3) is 20.8 Å². The van der Waals surface area contributed by atoms with E-state index in [0.29, 0.717) is 0 Å². The highest BCUT2D eigenvalue weighted by molar-refractivity contribution is 7.21. The molecule has 0 spiro atoms. The number of rotatable bonds is 4. The van der Waals surface area contributed by atoms with E-state index in [0.717, 1.165) is 83.2 Å². The second kappa shape index (κ2) is 8.35. The first-order valence-corrected chi connectivity index (χ1v) is 12.3. The first kappa shape index (κ1) is 20.5. The van der Waals surface area contributed by atoms with Gasteiger partial charge in [-0.05, 0) is 33.2 Å². The standard InChI is InChI=1S/C23H27N9S/c1-15-11-21(29-23(26-15)31-9-7-30(2)8-10-31)28-20-12-17-19(14-24-20)33-22(27-17)16-13-25-32-6-4-3-5-18(16)32/h11-14H,3-10H2,1-2H3,(H,24,26,28,29). The van der Waals surface area contributed by atoms with Crippen LogP contribution in [0.1, 0.15) is 24.2 Å². The summed E-state index contributed by atoms with van der Waals surface area (Å²) in [6.45, 7) is 6.91. The summed E-state index contributed by atoms with van der Waals surface area (Å²) in [5.74, 6) is 2.26. The highest BCUT2D eigenvalue weighted by Crippen LogP contribution is 2.34. The molecule has 0 unspecified atom stereocenters. The summed E-state index contributed by atoms with van der Waals surface area (Å²) in [7, 11) is 2.15. The molecule has 10 heteroatoms. The van der Waals surface area contributed by atoms with Gasteiger partial charge in [0.15, 0.2) is 0 Å². The van der Waals surface area contributed by atoms with Gasteiger partial charge >= 0.3 is 0 Å². The number of nitrogens with one attached hydrogen (secondary N) is 1. The predicted octanol–water partition coefficient (Wildman–Crippen LogP) is 3.48. The number of fused-ring (bicyclic) bond motifs is 2. The van der Waals surface area contributed by atoms with Gasteiger partial charge in [0.2, 0.25) is 5.95 Å². The molecule has 1 saturated heterocycles. The number of piperazine rings is 1. The molecule has 4 aromatic rings. The number of likely N-dealkylation sites (N-methyl/N-ethyl adjacent to an activating group) is 1. The maximum atomic E-state index is 4.92. The summed E-state index contributed by atoms with van der Waals surface area (Å²) in [5.41, 5.74) is 4.34. The van der Waals surface area contributed by atoms with E-state index in [2.05, 4.69) is 41.9 Å². The molecule has 4 aromatic heterocycles. The van der Waals surface area contributed by atoms with Crippen LogP contribution in [0.2, 0.25) is 0 Å². The molecule has 33 heavy (non-hydrogen) atoms. The highest BCUT2D eigenvalue weighted by Gasteiger charge is 2.20. The number of thiazole rings is 1. The van der Waals surface area contributed by atoms with Crippen molar-refractivity contribution >= 4 is 39.1 Å². The maximum absolute atomic E-state index is 4.92. The lowest BCUT2D eigenvalue weighted by atomic mass is 10.1. The molecular weight excluding hydrogens is 434 g/mol. The molecule has 1 fully saturated rings. The van der Waals surface area contributed by atoms with Crippen LogP contribution < -0.4 is 10.2 Å². The van der Waals surface area contributed by atoms with Crippen LogP contribution in [0.3, 0.4) is 0 Å². The van der Waals surface area contributed by atoms with Gasteiger partial charge in [0.05, 0.1) is 22.0 Å². The van der Waals surface area contributed by atoms with Crippen molar-refractivity contribution in [2.75, 3.05) is 43.4 Å². The largest absolute Gasteiger partial charge is 0.338 e. The summed E-state index contributed by atoms with van der Waals surface area (Å²) >= 11 is 1.68. The van der Waals surface area contributed by atoms with Crippen LogP contribution in [-0.4, -0.2) is 67.8 Å². The number of anilines is 3. The average molecular weight is 462 g/mol. The van der Waals surface area contributed by atoms with E-state index in [1.807, 2.05) is 31.5 Å². The molecule has 2 aliphatic rings. The van der Waals surface area contributed by atoms with E-state index in [4.69, 9.17) is 9.97 Å². The molecule has 170 valence electrons. The zero-order valence-corrected chi connectivity index (χ0v) is 19.8. The van der Waals surface area contributed by atoms with Gasteiger partial charge in [-0.2, -0.15) is 10.1 Å². The van der Waals surface area contributed by atoms with Crippen LogP contribution in [0.5, 0.6) is 0 Å². The molecule has 0 amide bonds. The first-order chi connectivity index (χ1) is 16.1. The van der Waals surface area contributed by atoms with Gasteiger partial charge in [-0.15, -0.1) is 11.3 Å². The average Bonchev–Trinajstić information content (AvgIpc) is 3.43. The molecule has 9 nitrogen and oxygen atoms in total. The van der Waals surface area contributed by atoms with E-state index in [1.54, 1.807) is 11.3 Å². The van der Waals surface area contributed by atoms with Gasteiger partial charge in [-0.1, -0.05) is 0 Å². The van der Waals surface area contributed by atoms with Gasteiger partial charge in [-0.25, -0.2) is 15.0 Å². The van der Waals surface area contributed by atoms with Crippen molar-refractivity contribution in [3.8, 4) is 10.6 Å². The van der Waals surface area contributed by atoms with E-state index in [9.17, 15) is 0 Å². The summed E-state index contributed by atoms with van der Waals surface area (Å²) in [5, 5.41) is 8.95. The van der Waals surface area contributed by atoms with Crippen molar-refractivity contribution in [3.63, 3.8) is 0 Å². The number of aromatic nitrogens is 6. The van der Waals surface area contributed by atoms with Gasteiger partial charge in [0.1, 0.15) is 16.6 Å². The van der Waals surface area contributed by atoms with Crippen molar-refractivity contribution in [1.82, 2.24) is 34.6 Å². The monoisotopic (exact) mass is 461 g/mol. The quantitative estimate of drug-likeness (QED) is 0.494. The van der Waals surface area contributed by atoms with Crippen LogP contribution in [0.4, 0.5) is 17.6 Å². The highest BCUT2D eigenvalue weighted by atomic mass is 32.1. The Kier molecular flexibility index (Phi) is 5.18. The lowest BCUT2D eigenvalue weighted by Crippen LogP contribution is -2.45. The second-order valence-corrected chi connectivity index (χ2v) is 9.88. The van der Waals surface area contributed by atoms with E-state index < -0.39 is 0 Å². The summed E-state index contributed by atoms with van der Waals surface area (Å²) < 4.78 is 3.20. The molecule has 0 radical (unpaired) electrons. The Bertz CT molecular complexity index is 1300. The molecular formula is C23H27N9S. The number of hydrogen-bond donors (Lipinski definition) is 1. The molecule has 0 aliphatic carbocycles. The van der Waals surface area contributed by atoms with E-state index in [-0.39, 0.29) is 0 Å². The predicted molar refractivity (Wildman–Crippen MR) is 131 cm³/mol. The van der Waals surface area contributed by atoms with Gasteiger partial charge < -0.3 is 15.1 Å². The maximum Gasteiger partial charge on any atom is 0.227 e. The van der Waals surface area contributed by atoms with E-state index in [1.165, 1.54) is 18.5 Å². The summed E-state index contributed by atoms with van der Waals surface area (Å²) in [6, 6.07) is 3.95. The van der Waals surface area contributed by atoms with Crippen LogP contribution in [-0.2, 0) is 13.0 Å². The SMILES string of the molecule is Cc1cc(Nc2cc3nc(-c4cnn5c4CCCC5)sc3cn2)nc(N2CCN(C)CC2)n1. The fourth-order valence-electron chi connectivity index (χ4n) is 4.51. The minimum absolute atomic E-state index is 0.735. The van der Waals surface area contributed by atoms with Crippen molar-refractivity contribution in [2.45, 2.75) is 32.7 Å².